The Labute approximate surface area is 200 Å². The van der Waals surface area contributed by atoms with Crippen molar-refractivity contribution in [3.05, 3.63) is 81.0 Å². The predicted molar refractivity (Wildman–Crippen MR) is 132 cm³/mol. The number of aryl methyl sites for hydroxylation is 1. The molecule has 1 amide bonds. The van der Waals surface area contributed by atoms with Crippen molar-refractivity contribution in [1.29, 1.82) is 0 Å². The van der Waals surface area contributed by atoms with Gasteiger partial charge in [0.2, 0.25) is 10.0 Å². The molecule has 3 aromatic rings. The molecule has 0 fully saturated rings. The van der Waals surface area contributed by atoms with Crippen LogP contribution in [0.5, 0.6) is 0 Å². The number of carbonyl (C=O) groups excluding carboxylic acids is 1. The average molecular weight is 538 g/mol. The highest BCUT2D eigenvalue weighted by Crippen LogP contribution is 2.23. The number of aromatic nitrogens is 1. The first-order valence-electron chi connectivity index (χ1n) is 9.56. The maximum Gasteiger partial charge on any atom is 0.260 e. The molecule has 0 unspecified atom stereocenters. The number of hydrazone groups is 1. The van der Waals surface area contributed by atoms with E-state index in [2.05, 4.69) is 31.0 Å². The zero-order valence-corrected chi connectivity index (χ0v) is 20.9. The van der Waals surface area contributed by atoms with Crippen LogP contribution in [0.15, 0.2) is 64.2 Å². The molecule has 1 aromatic heterocycles. The molecule has 0 bridgehead atoms. The maximum atomic E-state index is 12.4. The molecule has 0 saturated heterocycles. The first-order chi connectivity index (χ1) is 15.1. The molecule has 168 valence electrons. The summed E-state index contributed by atoms with van der Waals surface area (Å²) in [6.07, 6.45) is 2.58. The fourth-order valence-electron chi connectivity index (χ4n) is 3.28. The lowest BCUT2D eigenvalue weighted by atomic mass is 10.2. The number of nitrogens with one attached hydrogen (secondary N) is 1. The number of rotatable bonds is 7. The van der Waals surface area contributed by atoms with Crippen LogP contribution in [0.4, 0.5) is 5.69 Å². The summed E-state index contributed by atoms with van der Waals surface area (Å²) < 4.78 is 28.4. The Bertz CT molecular complexity index is 1270. The number of hydrogen-bond acceptors (Lipinski definition) is 4. The van der Waals surface area contributed by atoms with E-state index in [1.807, 2.05) is 44.2 Å². The fraction of sp³-hybridized carbons (Fsp3) is 0.182. The Hall–Kier alpha value is -2.62. The lowest BCUT2D eigenvalue weighted by molar-refractivity contribution is -0.119. The van der Waals surface area contributed by atoms with Gasteiger partial charge in [0.1, 0.15) is 6.54 Å². The van der Waals surface area contributed by atoms with E-state index in [9.17, 15) is 13.2 Å². The molecule has 10 heteroatoms. The van der Waals surface area contributed by atoms with Crippen LogP contribution in [0.1, 0.15) is 17.0 Å². The minimum Gasteiger partial charge on any atom is -0.318 e. The van der Waals surface area contributed by atoms with E-state index in [1.165, 1.54) is 12.1 Å². The van der Waals surface area contributed by atoms with Crippen molar-refractivity contribution in [2.45, 2.75) is 13.8 Å². The number of carbonyl (C=O) groups is 1. The van der Waals surface area contributed by atoms with Crippen molar-refractivity contribution in [3.8, 4) is 5.69 Å². The van der Waals surface area contributed by atoms with Crippen LogP contribution in [0.25, 0.3) is 5.69 Å². The Kier molecular flexibility index (Phi) is 7.43. The van der Waals surface area contributed by atoms with E-state index in [0.717, 1.165) is 37.7 Å². The van der Waals surface area contributed by atoms with Gasteiger partial charge in [0, 0.05) is 32.1 Å². The van der Waals surface area contributed by atoms with Gasteiger partial charge in [0.15, 0.2) is 0 Å². The summed E-state index contributed by atoms with van der Waals surface area (Å²) in [6.45, 7) is 3.54. The van der Waals surface area contributed by atoms with E-state index < -0.39 is 22.5 Å². The summed E-state index contributed by atoms with van der Waals surface area (Å²) in [7, 11) is -3.68. The van der Waals surface area contributed by atoms with Gasteiger partial charge >= 0.3 is 0 Å². The molecule has 7 nitrogen and oxygen atoms in total. The van der Waals surface area contributed by atoms with Gasteiger partial charge in [-0.1, -0.05) is 33.6 Å². The molecule has 0 aliphatic carbocycles. The van der Waals surface area contributed by atoms with Gasteiger partial charge in [-0.3, -0.25) is 9.10 Å². The Balaban J connectivity index is 1.73. The number of hydrogen-bond donors (Lipinski definition) is 1. The summed E-state index contributed by atoms with van der Waals surface area (Å²) in [4.78, 5) is 12.4. The normalized spacial score (nSPS) is 11.7. The maximum absolute atomic E-state index is 12.4. The Morgan fingerprint density at radius 3 is 2.50 bits per heavy atom. The second-order valence-corrected chi connectivity index (χ2v) is 10.4. The fourth-order valence-corrected chi connectivity index (χ4v) is 4.65. The first-order valence-corrected chi connectivity index (χ1v) is 12.6. The summed E-state index contributed by atoms with van der Waals surface area (Å²) in [6, 6.07) is 16.1. The molecule has 3 rings (SSSR count). The molecule has 1 N–H and O–H groups in total. The van der Waals surface area contributed by atoms with Gasteiger partial charge in [-0.25, -0.2) is 13.8 Å². The minimum absolute atomic E-state index is 0.341. The third-order valence-corrected chi connectivity index (χ3v) is 6.62. The lowest BCUT2D eigenvalue weighted by Gasteiger charge is -2.21. The largest absolute Gasteiger partial charge is 0.318 e. The second-order valence-electron chi connectivity index (χ2n) is 7.18. The van der Waals surface area contributed by atoms with Crippen molar-refractivity contribution in [1.82, 2.24) is 9.99 Å². The van der Waals surface area contributed by atoms with E-state index >= 15 is 0 Å². The van der Waals surface area contributed by atoms with Crippen LogP contribution < -0.4 is 9.73 Å². The number of amides is 1. The smallest absolute Gasteiger partial charge is 0.260 e. The highest BCUT2D eigenvalue weighted by molar-refractivity contribution is 9.10. The van der Waals surface area contributed by atoms with Gasteiger partial charge in [-0.2, -0.15) is 5.10 Å². The van der Waals surface area contributed by atoms with Crippen molar-refractivity contribution < 1.29 is 13.2 Å². The Morgan fingerprint density at radius 2 is 1.88 bits per heavy atom. The quantitative estimate of drug-likeness (QED) is 0.358. The number of anilines is 1. The highest BCUT2D eigenvalue weighted by Gasteiger charge is 2.20. The molecular formula is C22H22BrClN4O3S. The molecular weight excluding hydrogens is 516 g/mol. The molecule has 1 heterocycles. The molecule has 0 aliphatic heterocycles. The van der Waals surface area contributed by atoms with E-state index in [4.69, 9.17) is 11.6 Å². The van der Waals surface area contributed by atoms with Gasteiger partial charge in [-0.05, 0) is 62.4 Å². The monoisotopic (exact) mass is 536 g/mol. The van der Waals surface area contributed by atoms with Gasteiger partial charge < -0.3 is 4.57 Å². The van der Waals surface area contributed by atoms with E-state index in [0.29, 0.717) is 10.7 Å². The second kappa shape index (κ2) is 9.89. The molecule has 0 radical (unpaired) electrons. The number of halogens is 2. The molecule has 0 aliphatic rings. The third kappa shape index (κ3) is 5.79. The van der Waals surface area contributed by atoms with Crippen LogP contribution >= 0.6 is 27.5 Å². The number of sulfonamides is 1. The third-order valence-electron chi connectivity index (χ3n) is 4.73. The summed E-state index contributed by atoms with van der Waals surface area (Å²) >= 11 is 9.35. The standard InChI is InChI=1S/C22H22BrClN4O3S/c1-15-11-17(16(2)28(15)21-6-4-5-18(23)12-21)13-25-26-22(29)14-27(32(3,30)31)20-9-7-19(24)8-10-20/h4-13H,14H2,1-3H3,(H,26,29)/b25-13+. The van der Waals surface area contributed by atoms with E-state index in [-0.39, 0.29) is 0 Å². The summed E-state index contributed by atoms with van der Waals surface area (Å²) in [5, 5.41) is 4.49. The zero-order valence-electron chi connectivity index (χ0n) is 17.7. The van der Waals surface area contributed by atoms with Gasteiger partial charge in [0.25, 0.3) is 5.91 Å². The van der Waals surface area contributed by atoms with E-state index in [1.54, 1.807) is 18.3 Å². The SMILES string of the molecule is Cc1cc(/C=N/NC(=O)CN(c2ccc(Cl)cc2)S(C)(=O)=O)c(C)n1-c1cccc(Br)c1. The predicted octanol–water partition coefficient (Wildman–Crippen LogP) is 4.43. The van der Waals surface area contributed by atoms with Crippen LogP contribution in [-0.4, -0.2) is 37.9 Å². The first kappa shape index (κ1) is 24.0. The number of benzene rings is 2. The van der Waals surface area contributed by atoms with Crippen molar-refractivity contribution >= 4 is 55.4 Å². The number of nitrogens with zero attached hydrogens (tertiary/aromatic N) is 3. The molecule has 0 spiro atoms. The summed E-state index contributed by atoms with van der Waals surface area (Å²) in [5.41, 5.74) is 6.55. The molecule has 0 saturated carbocycles. The van der Waals surface area contributed by atoms with Crippen molar-refractivity contribution in [2.24, 2.45) is 5.10 Å². The van der Waals surface area contributed by atoms with Crippen molar-refractivity contribution in [3.63, 3.8) is 0 Å². The summed E-state index contributed by atoms with van der Waals surface area (Å²) in [5.74, 6) is -0.567. The molecule has 0 atom stereocenters. The van der Waals surface area contributed by atoms with Crippen LogP contribution in [-0.2, 0) is 14.8 Å². The van der Waals surface area contributed by atoms with Crippen LogP contribution in [0.2, 0.25) is 5.02 Å². The lowest BCUT2D eigenvalue weighted by Crippen LogP contribution is -2.39. The van der Waals surface area contributed by atoms with Crippen molar-refractivity contribution in [2.75, 3.05) is 17.1 Å². The van der Waals surface area contributed by atoms with Gasteiger partial charge in [0.05, 0.1) is 18.2 Å². The molecule has 32 heavy (non-hydrogen) atoms. The van der Waals surface area contributed by atoms with Crippen LogP contribution in [0.3, 0.4) is 0 Å². The van der Waals surface area contributed by atoms with Gasteiger partial charge in [-0.15, -0.1) is 0 Å². The van der Waals surface area contributed by atoms with Crippen LogP contribution in [0, 0.1) is 13.8 Å². The molecule has 2 aromatic carbocycles. The minimum atomic E-state index is -3.68. The topological polar surface area (TPSA) is 83.8 Å². The Morgan fingerprint density at radius 1 is 1.19 bits per heavy atom. The highest BCUT2D eigenvalue weighted by atomic mass is 79.9. The zero-order chi connectivity index (χ0) is 23.5. The average Bonchev–Trinajstić information content (AvgIpc) is 2.99.